The second kappa shape index (κ2) is 2.85. The largest absolute Gasteiger partial charge is 0.479 e. The van der Waals surface area contributed by atoms with E-state index < -0.39 is 63.3 Å². The number of hydrogen-bond acceptors (Lipinski definition) is 7. The highest BCUT2D eigenvalue weighted by Gasteiger charge is 3.15. The molecule has 122 valence electrons. The van der Waals surface area contributed by atoms with Crippen molar-refractivity contribution in [2.45, 2.75) is 36.3 Å². The van der Waals surface area contributed by atoms with Crippen LogP contribution in [0.1, 0.15) is 13.8 Å². The Kier molecular flexibility index (Phi) is 1.69. The van der Waals surface area contributed by atoms with Gasteiger partial charge in [0.1, 0.15) is 5.60 Å². The summed E-state index contributed by atoms with van der Waals surface area (Å²) in [6.07, 6.45) is 1.13. The predicted octanol–water partition coefficient (Wildman–Crippen LogP) is -2.02. The number of esters is 1. The lowest BCUT2D eigenvalue weighted by molar-refractivity contribution is -0.246. The van der Waals surface area contributed by atoms with Crippen LogP contribution in [-0.2, 0) is 19.1 Å². The van der Waals surface area contributed by atoms with E-state index in [1.54, 1.807) is 0 Å². The van der Waals surface area contributed by atoms with Gasteiger partial charge in [0.05, 0.1) is 22.9 Å². The van der Waals surface area contributed by atoms with E-state index in [9.17, 15) is 34.8 Å². The fraction of sp³-hybridized carbons (Fsp3) is 0.667. The highest BCUT2D eigenvalue weighted by molar-refractivity contribution is 6.13. The summed E-state index contributed by atoms with van der Waals surface area (Å²) in [5, 5.41) is 42.5. The molecule has 5 aliphatic rings. The van der Waals surface area contributed by atoms with Gasteiger partial charge in [0.25, 0.3) is 0 Å². The molecule has 8 atom stereocenters. The van der Waals surface area contributed by atoms with Crippen molar-refractivity contribution < 1.29 is 39.5 Å². The minimum Gasteiger partial charge on any atom is -0.479 e. The molecular weight excluding hydrogens is 308 g/mol. The fourth-order valence-corrected chi connectivity index (χ4v) is 6.87. The molecule has 2 spiro atoms. The van der Waals surface area contributed by atoms with Gasteiger partial charge in [-0.05, 0) is 19.9 Å². The molecule has 3 saturated carbocycles. The summed E-state index contributed by atoms with van der Waals surface area (Å²) in [5.74, 6) is -6.98. The first-order valence-electron chi connectivity index (χ1n) is 7.34. The van der Waals surface area contributed by atoms with Gasteiger partial charge >= 0.3 is 11.9 Å². The van der Waals surface area contributed by atoms with E-state index in [0.717, 1.165) is 6.08 Å². The standard InChI is InChI=1S/C15H14O8/c1-4-3-5(16)15-13-7(8(17)23-15)11(2,20)9(13)12(21,10(18)19)6(4)14(13,15)22/h3,6-7,9,20-22H,1-2H3,(H,18,19). The molecule has 0 bridgehead atoms. The number of ether oxygens (including phenoxy) is 1. The number of aliphatic hydroxyl groups is 3. The second-order valence-corrected chi connectivity index (χ2v) is 7.65. The zero-order valence-electron chi connectivity index (χ0n) is 12.2. The van der Waals surface area contributed by atoms with Gasteiger partial charge in [0.2, 0.25) is 11.4 Å². The number of carbonyl (C=O) groups excluding carboxylic acids is 2. The lowest BCUT2D eigenvalue weighted by Crippen LogP contribution is -2.73. The Labute approximate surface area is 129 Å². The molecule has 0 aromatic rings. The summed E-state index contributed by atoms with van der Waals surface area (Å²) < 4.78 is 5.23. The van der Waals surface area contributed by atoms with Gasteiger partial charge in [-0.1, -0.05) is 5.57 Å². The van der Waals surface area contributed by atoms with Crippen molar-refractivity contribution in [2.24, 2.45) is 23.2 Å². The summed E-state index contributed by atoms with van der Waals surface area (Å²) in [6, 6.07) is 0. The van der Waals surface area contributed by atoms with Crippen LogP contribution in [0.2, 0.25) is 0 Å². The van der Waals surface area contributed by atoms with Crippen LogP contribution in [0.3, 0.4) is 0 Å². The Morgan fingerprint density at radius 1 is 1.22 bits per heavy atom. The maximum Gasteiger partial charge on any atom is 0.336 e. The van der Waals surface area contributed by atoms with Gasteiger partial charge in [0.15, 0.2) is 5.60 Å². The highest BCUT2D eigenvalue weighted by atomic mass is 16.6. The Morgan fingerprint density at radius 2 is 1.83 bits per heavy atom. The number of aliphatic carboxylic acids is 1. The molecule has 5 rings (SSSR count). The lowest BCUT2D eigenvalue weighted by Gasteiger charge is -2.56. The molecule has 4 aliphatic carbocycles. The minimum absolute atomic E-state index is 0.205. The van der Waals surface area contributed by atoms with Crippen LogP contribution in [0.4, 0.5) is 0 Å². The van der Waals surface area contributed by atoms with Gasteiger partial charge in [-0.25, -0.2) is 4.79 Å². The summed E-state index contributed by atoms with van der Waals surface area (Å²) in [6.45, 7) is 2.69. The molecule has 4 fully saturated rings. The van der Waals surface area contributed by atoms with Crippen LogP contribution in [0.5, 0.6) is 0 Å². The molecular formula is C15H14O8. The average molecular weight is 322 g/mol. The van der Waals surface area contributed by atoms with Crippen LogP contribution in [0.15, 0.2) is 11.6 Å². The van der Waals surface area contributed by atoms with Crippen molar-refractivity contribution in [3.8, 4) is 0 Å². The molecule has 0 amide bonds. The maximum absolute atomic E-state index is 12.5. The molecule has 0 aromatic carbocycles. The van der Waals surface area contributed by atoms with Gasteiger partial charge in [0, 0.05) is 5.92 Å². The van der Waals surface area contributed by atoms with Crippen molar-refractivity contribution >= 4 is 17.7 Å². The normalized spacial score (nSPS) is 63.7. The predicted molar refractivity (Wildman–Crippen MR) is 68.6 cm³/mol. The van der Waals surface area contributed by atoms with E-state index >= 15 is 0 Å². The zero-order valence-corrected chi connectivity index (χ0v) is 12.2. The Hall–Kier alpha value is -1.77. The highest BCUT2D eigenvalue weighted by Crippen LogP contribution is 2.96. The second-order valence-electron chi connectivity index (χ2n) is 7.65. The van der Waals surface area contributed by atoms with Gasteiger partial charge in [-0.3, -0.25) is 9.59 Å². The molecule has 1 heterocycles. The van der Waals surface area contributed by atoms with Crippen LogP contribution in [-0.4, -0.2) is 60.6 Å². The third-order valence-electron chi connectivity index (χ3n) is 7.06. The summed E-state index contributed by atoms with van der Waals surface area (Å²) >= 11 is 0. The van der Waals surface area contributed by atoms with E-state index in [1.807, 2.05) is 0 Å². The van der Waals surface area contributed by atoms with Crippen LogP contribution in [0.25, 0.3) is 0 Å². The molecule has 4 N–H and O–H groups in total. The third-order valence-corrected chi connectivity index (χ3v) is 7.06. The molecule has 8 heteroatoms. The van der Waals surface area contributed by atoms with Crippen molar-refractivity contribution in [2.75, 3.05) is 0 Å². The molecule has 0 aromatic heterocycles. The Morgan fingerprint density at radius 3 is 2.39 bits per heavy atom. The molecule has 1 aliphatic heterocycles. The van der Waals surface area contributed by atoms with Crippen molar-refractivity contribution in [3.63, 3.8) is 0 Å². The molecule has 23 heavy (non-hydrogen) atoms. The van der Waals surface area contributed by atoms with E-state index in [0.29, 0.717) is 0 Å². The topological polar surface area (TPSA) is 141 Å². The molecule has 8 nitrogen and oxygen atoms in total. The number of hydrogen-bond donors (Lipinski definition) is 4. The summed E-state index contributed by atoms with van der Waals surface area (Å²) in [5.41, 5.74) is -9.60. The monoisotopic (exact) mass is 322 g/mol. The van der Waals surface area contributed by atoms with Crippen LogP contribution >= 0.6 is 0 Å². The van der Waals surface area contributed by atoms with Crippen molar-refractivity contribution in [1.29, 1.82) is 0 Å². The van der Waals surface area contributed by atoms with E-state index in [2.05, 4.69) is 0 Å². The Bertz CT molecular complexity index is 797. The molecule has 8 unspecified atom stereocenters. The summed E-state index contributed by atoms with van der Waals surface area (Å²) in [4.78, 5) is 36.5. The van der Waals surface area contributed by atoms with Gasteiger partial charge in [-0.15, -0.1) is 0 Å². The van der Waals surface area contributed by atoms with Crippen molar-refractivity contribution in [1.82, 2.24) is 0 Å². The first-order chi connectivity index (χ1) is 10.5. The number of carboxylic acid groups (broad SMARTS) is 1. The van der Waals surface area contributed by atoms with Crippen LogP contribution < -0.4 is 0 Å². The quantitative estimate of drug-likeness (QED) is 0.406. The first-order valence-corrected chi connectivity index (χ1v) is 7.34. The average Bonchev–Trinajstić information content (AvgIpc) is 2.68. The number of rotatable bonds is 1. The zero-order chi connectivity index (χ0) is 17.0. The maximum atomic E-state index is 12.5. The molecule has 1 saturated heterocycles. The fourth-order valence-electron chi connectivity index (χ4n) is 6.87. The first kappa shape index (κ1) is 13.6. The van der Waals surface area contributed by atoms with Gasteiger partial charge < -0.3 is 25.2 Å². The van der Waals surface area contributed by atoms with E-state index in [1.165, 1.54) is 13.8 Å². The Balaban J connectivity index is 1.90. The van der Waals surface area contributed by atoms with Crippen molar-refractivity contribution in [3.05, 3.63) is 11.6 Å². The van der Waals surface area contributed by atoms with E-state index in [-0.39, 0.29) is 5.57 Å². The van der Waals surface area contributed by atoms with E-state index in [4.69, 9.17) is 4.74 Å². The summed E-state index contributed by atoms with van der Waals surface area (Å²) in [7, 11) is 0. The number of carboxylic acids is 1. The van der Waals surface area contributed by atoms with Crippen LogP contribution in [0, 0.1) is 23.2 Å². The third kappa shape index (κ3) is 0.757. The smallest absolute Gasteiger partial charge is 0.336 e. The SMILES string of the molecule is CC1=CC(=O)C23OC(=O)C4C(C)(O)C5C(O)(C(=O)O)C1C2(O)C453. The number of ketones is 1. The number of carbonyl (C=O) groups is 3. The lowest BCUT2D eigenvalue weighted by atomic mass is 9.47. The molecule has 0 radical (unpaired) electrons. The van der Waals surface area contributed by atoms with Gasteiger partial charge in [-0.2, -0.15) is 0 Å². The minimum atomic E-state index is -2.48.